The van der Waals surface area contributed by atoms with Crippen molar-refractivity contribution in [3.05, 3.63) is 82.2 Å². The molecule has 1 amide bonds. The Kier molecular flexibility index (Phi) is 9.68. The van der Waals surface area contributed by atoms with Crippen LogP contribution in [-0.2, 0) is 27.9 Å². The zero-order valence-corrected chi connectivity index (χ0v) is 26.9. The Bertz CT molecular complexity index is 1600. The molecule has 0 fully saturated rings. The van der Waals surface area contributed by atoms with Gasteiger partial charge in [0.25, 0.3) is 0 Å². The molecule has 3 aromatic rings. The molecule has 0 unspecified atom stereocenters. The summed E-state index contributed by atoms with van der Waals surface area (Å²) < 4.78 is 32.8. The third-order valence-electron chi connectivity index (χ3n) is 8.38. The first-order valence-electron chi connectivity index (χ1n) is 14.5. The summed E-state index contributed by atoms with van der Waals surface area (Å²) in [6, 6.07) is 12.1. The van der Waals surface area contributed by atoms with Gasteiger partial charge >= 0.3 is 0 Å². The van der Waals surface area contributed by atoms with Crippen LogP contribution in [0.1, 0.15) is 67.9 Å². The monoisotopic (exact) mass is 610 g/mol. The smallest absolute Gasteiger partial charge is 0.240 e. The lowest BCUT2D eigenvalue weighted by Crippen LogP contribution is -2.43. The molecule has 234 valence electrons. The first-order chi connectivity index (χ1) is 20.3. The van der Waals surface area contributed by atoms with Crippen LogP contribution in [0.3, 0.4) is 0 Å². The van der Waals surface area contributed by atoms with E-state index >= 15 is 0 Å². The molecule has 2 aromatic carbocycles. The average molecular weight is 611 g/mol. The minimum absolute atomic E-state index is 0. The first kappa shape index (κ1) is 32.2. The number of aryl methyl sites for hydroxylation is 1. The van der Waals surface area contributed by atoms with Gasteiger partial charge in [-0.2, -0.15) is 0 Å². The second-order valence-corrected chi connectivity index (χ2v) is 13.7. The third kappa shape index (κ3) is 7.11. The summed E-state index contributed by atoms with van der Waals surface area (Å²) in [6.07, 6.45) is 5.54. The standard InChI is InChI=1S/C32H44N6O4S.H2/c1-8-25-19-38(18-24-16-35-14-13-28(24)42-25)17-23-15-22(10-9-20(23)2)29(32(4,5)31(39)37-43(7,40)41)26-11-12-27(34-6)30(36-33)21(26)3;/h9-16,25,29,34,36H,8,17-19,33H2,1-7H3,(H,37,39);1H/t25-,29+;/m1./s1. The number of nitrogen functional groups attached to an aromatic ring is 1. The van der Waals surface area contributed by atoms with Gasteiger partial charge in [0.05, 0.1) is 23.0 Å². The zero-order valence-electron chi connectivity index (χ0n) is 26.1. The van der Waals surface area contributed by atoms with Crippen molar-refractivity contribution in [2.45, 2.75) is 66.2 Å². The largest absolute Gasteiger partial charge is 0.489 e. The number of benzene rings is 2. The van der Waals surface area contributed by atoms with Crippen LogP contribution in [0.5, 0.6) is 5.75 Å². The Labute approximate surface area is 256 Å². The van der Waals surface area contributed by atoms with E-state index < -0.39 is 27.3 Å². The van der Waals surface area contributed by atoms with Crippen molar-refractivity contribution >= 4 is 27.3 Å². The normalized spacial score (nSPS) is 16.4. The van der Waals surface area contributed by atoms with Gasteiger partial charge in [0.15, 0.2) is 0 Å². The van der Waals surface area contributed by atoms with Crippen molar-refractivity contribution in [1.82, 2.24) is 14.6 Å². The van der Waals surface area contributed by atoms with Crippen LogP contribution in [-0.4, -0.2) is 50.2 Å². The Morgan fingerprint density at radius 1 is 1.23 bits per heavy atom. The topological polar surface area (TPSA) is 139 Å². The molecule has 1 aliphatic rings. The Balaban J connectivity index is 0.00000529. The van der Waals surface area contributed by atoms with Crippen LogP contribution >= 0.6 is 0 Å². The van der Waals surface area contributed by atoms with E-state index in [-0.39, 0.29) is 7.53 Å². The fourth-order valence-electron chi connectivity index (χ4n) is 5.92. The number of fused-ring (bicyclic) bond motifs is 1. The van der Waals surface area contributed by atoms with Crippen molar-refractivity contribution in [3.8, 4) is 5.75 Å². The van der Waals surface area contributed by atoms with Crippen LogP contribution in [0.25, 0.3) is 0 Å². The molecular weight excluding hydrogens is 564 g/mol. The lowest BCUT2D eigenvalue weighted by atomic mass is 9.69. The summed E-state index contributed by atoms with van der Waals surface area (Å²) in [7, 11) is -1.96. The number of sulfonamides is 1. The van der Waals surface area contributed by atoms with Crippen molar-refractivity contribution in [1.29, 1.82) is 0 Å². The summed E-state index contributed by atoms with van der Waals surface area (Å²) in [6.45, 7) is 11.8. The summed E-state index contributed by atoms with van der Waals surface area (Å²) in [5, 5.41) is 3.15. The van der Waals surface area contributed by atoms with Gasteiger partial charge in [-0.25, -0.2) is 8.42 Å². The van der Waals surface area contributed by atoms with Crippen LogP contribution in [0.4, 0.5) is 11.4 Å². The van der Waals surface area contributed by atoms with Gasteiger partial charge in [-0.05, 0) is 60.2 Å². The van der Waals surface area contributed by atoms with E-state index in [1.165, 1.54) is 0 Å². The van der Waals surface area contributed by atoms with Gasteiger partial charge in [0.1, 0.15) is 11.9 Å². The Hall–Kier alpha value is -3.67. The molecule has 43 heavy (non-hydrogen) atoms. The highest BCUT2D eigenvalue weighted by molar-refractivity contribution is 7.89. The van der Waals surface area contributed by atoms with Gasteiger partial charge in [-0.3, -0.25) is 25.2 Å². The minimum Gasteiger partial charge on any atom is -0.489 e. The predicted octanol–water partition coefficient (Wildman–Crippen LogP) is 4.68. The maximum atomic E-state index is 13.6. The van der Waals surface area contributed by atoms with Gasteiger partial charge in [-0.15, -0.1) is 0 Å². The molecule has 11 heteroatoms. The minimum atomic E-state index is -3.77. The number of hydrogen-bond donors (Lipinski definition) is 4. The summed E-state index contributed by atoms with van der Waals surface area (Å²) >= 11 is 0. The van der Waals surface area contributed by atoms with E-state index in [1.807, 2.05) is 44.4 Å². The van der Waals surface area contributed by atoms with E-state index in [9.17, 15) is 13.2 Å². The molecule has 2 atom stereocenters. The summed E-state index contributed by atoms with van der Waals surface area (Å²) in [4.78, 5) is 20.3. The number of anilines is 2. The van der Waals surface area contributed by atoms with Gasteiger partial charge in [-0.1, -0.05) is 45.0 Å². The van der Waals surface area contributed by atoms with Crippen molar-refractivity contribution in [2.75, 3.05) is 30.6 Å². The SMILES string of the molecule is CC[C@@H]1CN(Cc2cc([C@@H](c3ccc(NC)c(NN)c3C)C(C)(C)C(=O)NS(C)(=O)=O)ccc2C)Cc2cnccc2O1.[HH]. The summed E-state index contributed by atoms with van der Waals surface area (Å²) in [5.41, 5.74) is 9.08. The number of nitrogens with one attached hydrogen (secondary N) is 3. The number of hydrazine groups is 1. The van der Waals surface area contributed by atoms with Crippen molar-refractivity contribution < 1.29 is 19.4 Å². The van der Waals surface area contributed by atoms with E-state index in [4.69, 9.17) is 10.6 Å². The van der Waals surface area contributed by atoms with E-state index in [2.05, 4.69) is 51.3 Å². The lowest BCUT2D eigenvalue weighted by molar-refractivity contribution is -0.128. The molecule has 1 aliphatic heterocycles. The fourth-order valence-corrected chi connectivity index (χ4v) is 6.52. The van der Waals surface area contributed by atoms with Gasteiger partial charge in [0, 0.05) is 52.0 Å². The number of carbonyl (C=O) groups is 1. The third-order valence-corrected chi connectivity index (χ3v) is 8.94. The molecule has 10 nitrogen and oxygen atoms in total. The molecule has 0 bridgehead atoms. The van der Waals surface area contributed by atoms with E-state index in [0.717, 1.165) is 64.0 Å². The van der Waals surface area contributed by atoms with Crippen LogP contribution < -0.4 is 26.0 Å². The molecule has 0 saturated carbocycles. The lowest BCUT2D eigenvalue weighted by Gasteiger charge is -2.36. The number of nitrogens with zero attached hydrogens (tertiary/aromatic N) is 2. The molecule has 2 heterocycles. The number of carbonyl (C=O) groups excluding carboxylic acids is 1. The molecule has 4 rings (SSSR count). The molecule has 0 aliphatic carbocycles. The van der Waals surface area contributed by atoms with Crippen LogP contribution in [0, 0.1) is 19.3 Å². The molecule has 0 saturated heterocycles. The van der Waals surface area contributed by atoms with Gasteiger partial charge < -0.3 is 15.5 Å². The maximum absolute atomic E-state index is 13.6. The first-order valence-corrected chi connectivity index (χ1v) is 16.4. The molecule has 1 aromatic heterocycles. The average Bonchev–Trinajstić information content (AvgIpc) is 3.13. The van der Waals surface area contributed by atoms with Crippen LogP contribution in [0.15, 0.2) is 48.8 Å². The number of hydrogen-bond acceptors (Lipinski definition) is 9. The highest BCUT2D eigenvalue weighted by Crippen LogP contribution is 2.45. The number of nitrogens with two attached hydrogens (primary N) is 1. The number of ether oxygens (including phenoxy) is 1. The Morgan fingerprint density at radius 3 is 2.63 bits per heavy atom. The molecule has 0 radical (unpaired) electrons. The predicted molar refractivity (Wildman–Crippen MR) is 173 cm³/mol. The molecule has 5 N–H and O–H groups in total. The highest BCUT2D eigenvalue weighted by Gasteiger charge is 2.41. The van der Waals surface area contributed by atoms with Gasteiger partial charge in [0.2, 0.25) is 15.9 Å². The number of aromatic nitrogens is 1. The zero-order chi connectivity index (χ0) is 31.5. The summed E-state index contributed by atoms with van der Waals surface area (Å²) in [5.74, 6) is 5.73. The second kappa shape index (κ2) is 12.9. The second-order valence-electron chi connectivity index (χ2n) is 11.9. The number of rotatable bonds is 10. The highest BCUT2D eigenvalue weighted by atomic mass is 32.2. The number of pyridine rings is 1. The quantitative estimate of drug-likeness (QED) is 0.190. The van der Waals surface area contributed by atoms with E-state index in [1.54, 1.807) is 20.0 Å². The fraction of sp³-hybridized carbons (Fsp3) is 0.438. The van der Waals surface area contributed by atoms with Crippen molar-refractivity contribution in [2.24, 2.45) is 11.3 Å². The number of amides is 1. The Morgan fingerprint density at radius 2 is 1.98 bits per heavy atom. The molecular formula is C32H46N6O4S. The molecule has 0 spiro atoms. The van der Waals surface area contributed by atoms with E-state index in [0.29, 0.717) is 18.8 Å². The maximum Gasteiger partial charge on any atom is 0.240 e. The van der Waals surface area contributed by atoms with Crippen LogP contribution in [0.2, 0.25) is 0 Å². The van der Waals surface area contributed by atoms with Crippen molar-refractivity contribution in [3.63, 3.8) is 0 Å².